The van der Waals surface area contributed by atoms with Crippen molar-refractivity contribution >= 4 is 50.6 Å². The number of aromatic hydroxyl groups is 1. The van der Waals surface area contributed by atoms with Crippen molar-refractivity contribution in [1.82, 2.24) is 0 Å². The van der Waals surface area contributed by atoms with Crippen molar-refractivity contribution in [2.45, 2.75) is 24.0 Å². The summed E-state index contributed by atoms with van der Waals surface area (Å²) < 4.78 is 30.2. The Balaban J connectivity index is 2.39. The molecule has 2 aromatic carbocycles. The first kappa shape index (κ1) is 21.8. The highest BCUT2D eigenvalue weighted by Crippen LogP contribution is 2.40. The molecule has 0 heterocycles. The lowest BCUT2D eigenvalue weighted by Gasteiger charge is -2.14. The number of rotatable bonds is 5. The number of hydrogen-bond donors (Lipinski definition) is 3. The number of aliphatic carboxylic acids is 1. The molecule has 0 aliphatic rings. The van der Waals surface area contributed by atoms with E-state index < -0.39 is 32.7 Å². The number of anilines is 1. The van der Waals surface area contributed by atoms with Crippen molar-refractivity contribution in [2.75, 3.05) is 5.32 Å². The van der Waals surface area contributed by atoms with Crippen LogP contribution in [0.2, 0.25) is 10.0 Å². The van der Waals surface area contributed by atoms with Gasteiger partial charge in [0.1, 0.15) is 16.4 Å². The maximum Gasteiger partial charge on any atom is 0.394 e. The molecule has 8 nitrogen and oxygen atoms in total. The van der Waals surface area contributed by atoms with Crippen molar-refractivity contribution in [3.05, 3.63) is 40.4 Å². The van der Waals surface area contributed by atoms with E-state index in [1.165, 1.54) is 32.0 Å². The van der Waals surface area contributed by atoms with Crippen LogP contribution in [0.25, 0.3) is 0 Å². The van der Waals surface area contributed by atoms with Gasteiger partial charge in [0.15, 0.2) is 15.6 Å². The third-order valence-electron chi connectivity index (χ3n) is 3.53. The van der Waals surface area contributed by atoms with Crippen molar-refractivity contribution in [2.24, 2.45) is 0 Å². The number of phenolic OH excluding ortho intramolecular Hbond substituents is 1. The summed E-state index contributed by atoms with van der Waals surface area (Å²) >= 11 is 12.2. The molecule has 3 N–H and O–H groups in total. The van der Waals surface area contributed by atoms with Crippen LogP contribution in [0.5, 0.6) is 17.2 Å². The predicted octanol–water partition coefficient (Wildman–Crippen LogP) is 3.70. The van der Waals surface area contributed by atoms with Gasteiger partial charge < -0.3 is 20.3 Å². The highest BCUT2D eigenvalue weighted by atomic mass is 35.5. The van der Waals surface area contributed by atoms with E-state index in [9.17, 15) is 23.1 Å². The molecule has 1 amide bonds. The van der Waals surface area contributed by atoms with Crippen molar-refractivity contribution in [1.29, 1.82) is 0 Å². The highest BCUT2D eigenvalue weighted by molar-refractivity contribution is 7.92. The summed E-state index contributed by atoms with van der Waals surface area (Å²) in [6, 6.07) is 6.05. The lowest BCUT2D eigenvalue weighted by atomic mass is 10.2. The summed E-state index contributed by atoms with van der Waals surface area (Å²) in [7, 11) is -3.77. The second-order valence-corrected chi connectivity index (χ2v) is 9.14. The van der Waals surface area contributed by atoms with E-state index >= 15 is 0 Å². The zero-order valence-corrected chi connectivity index (χ0v) is 16.9. The van der Waals surface area contributed by atoms with E-state index in [-0.39, 0.29) is 32.1 Å². The van der Waals surface area contributed by atoms with Crippen LogP contribution in [-0.4, -0.2) is 35.8 Å². The normalized spacial score (nSPS) is 11.3. The fraction of sp³-hybridized carbons (Fsp3) is 0.176. The second kappa shape index (κ2) is 8.26. The van der Waals surface area contributed by atoms with Crippen LogP contribution in [0, 0.1) is 0 Å². The minimum Gasteiger partial charge on any atom is -0.507 e. The number of amides is 1. The van der Waals surface area contributed by atoms with E-state index in [0.29, 0.717) is 0 Å². The lowest BCUT2D eigenvalue weighted by Crippen LogP contribution is -2.21. The Morgan fingerprint density at radius 2 is 1.68 bits per heavy atom. The van der Waals surface area contributed by atoms with E-state index in [2.05, 4.69) is 5.32 Å². The van der Waals surface area contributed by atoms with Gasteiger partial charge >= 0.3 is 11.9 Å². The lowest BCUT2D eigenvalue weighted by molar-refractivity contribution is -0.147. The molecule has 0 aromatic heterocycles. The average molecular weight is 448 g/mol. The van der Waals surface area contributed by atoms with Gasteiger partial charge in [-0.3, -0.25) is 4.79 Å². The molecular formula is C17H15Cl2NO7S. The van der Waals surface area contributed by atoms with Gasteiger partial charge in [-0.25, -0.2) is 13.2 Å². The van der Waals surface area contributed by atoms with Crippen molar-refractivity contribution in [3.8, 4) is 17.2 Å². The molecule has 28 heavy (non-hydrogen) atoms. The Morgan fingerprint density at radius 3 is 2.18 bits per heavy atom. The molecule has 2 rings (SSSR count). The Bertz CT molecular complexity index is 1030. The number of nitrogens with one attached hydrogen (secondary N) is 1. The van der Waals surface area contributed by atoms with Crippen LogP contribution in [0.15, 0.2) is 35.2 Å². The third-order valence-corrected chi connectivity index (χ3v) is 6.27. The fourth-order valence-electron chi connectivity index (χ4n) is 2.07. The summed E-state index contributed by atoms with van der Waals surface area (Å²) in [6.07, 6.45) is 0. The zero-order chi connectivity index (χ0) is 21.2. The summed E-state index contributed by atoms with van der Waals surface area (Å²) in [5.41, 5.74) is 0.0310. The first-order chi connectivity index (χ1) is 12.9. The first-order valence-corrected chi connectivity index (χ1v) is 10.0. The van der Waals surface area contributed by atoms with Crippen LogP contribution >= 0.6 is 23.2 Å². The average Bonchev–Trinajstić information content (AvgIpc) is 2.59. The summed E-state index contributed by atoms with van der Waals surface area (Å²) in [5.74, 6) is -3.39. The number of carbonyl (C=O) groups excluding carboxylic acids is 1. The Hall–Kier alpha value is -2.49. The predicted molar refractivity (Wildman–Crippen MR) is 103 cm³/mol. The Kier molecular flexibility index (Phi) is 6.43. The number of sulfone groups is 1. The van der Waals surface area contributed by atoms with Gasteiger partial charge in [0.05, 0.1) is 15.3 Å². The smallest absolute Gasteiger partial charge is 0.394 e. The fourth-order valence-corrected chi connectivity index (χ4v) is 3.78. The molecule has 0 bridgehead atoms. The Morgan fingerprint density at radius 1 is 1.11 bits per heavy atom. The molecule has 0 aliphatic heterocycles. The summed E-state index contributed by atoms with van der Waals surface area (Å²) in [6.45, 7) is 2.94. The summed E-state index contributed by atoms with van der Waals surface area (Å²) in [5, 5.41) is 19.7. The number of ether oxygens (including phenoxy) is 1. The van der Waals surface area contributed by atoms with Crippen LogP contribution in [-0.2, 0) is 19.4 Å². The van der Waals surface area contributed by atoms with Crippen LogP contribution in [0.4, 0.5) is 5.69 Å². The molecule has 0 saturated heterocycles. The molecule has 0 saturated carbocycles. The number of hydrogen-bond acceptors (Lipinski definition) is 6. The minimum absolute atomic E-state index is 0.0310. The van der Waals surface area contributed by atoms with Crippen LogP contribution < -0.4 is 10.1 Å². The van der Waals surface area contributed by atoms with Gasteiger partial charge in [-0.15, -0.1) is 0 Å². The minimum atomic E-state index is -3.77. The molecule has 0 radical (unpaired) electrons. The SMILES string of the molecule is CC(C)S(=O)(=O)c1cc(Oc2c(Cl)cc(NC(=O)C(=O)O)cc2Cl)ccc1O. The van der Waals surface area contributed by atoms with Gasteiger partial charge in [-0.05, 0) is 38.1 Å². The van der Waals surface area contributed by atoms with Crippen LogP contribution in [0.1, 0.15) is 13.8 Å². The maximum absolute atomic E-state index is 12.3. The van der Waals surface area contributed by atoms with Gasteiger partial charge in [0.2, 0.25) is 0 Å². The standard InChI is InChI=1S/C17H15Cl2NO7S/c1-8(2)28(25,26)14-7-10(3-4-13(14)21)27-15-11(18)5-9(6-12(15)19)20-16(22)17(23)24/h3-8,21H,1-2H3,(H,20,22)(H,23,24). The topological polar surface area (TPSA) is 130 Å². The third kappa shape index (κ3) is 4.67. The van der Waals surface area contributed by atoms with E-state index in [1.54, 1.807) is 0 Å². The molecule has 0 spiro atoms. The maximum atomic E-state index is 12.3. The highest BCUT2D eigenvalue weighted by Gasteiger charge is 2.24. The number of benzene rings is 2. The van der Waals surface area contributed by atoms with Crippen molar-refractivity contribution in [3.63, 3.8) is 0 Å². The molecule has 0 aliphatic carbocycles. The summed E-state index contributed by atoms with van der Waals surface area (Å²) in [4.78, 5) is 21.5. The zero-order valence-electron chi connectivity index (χ0n) is 14.6. The first-order valence-electron chi connectivity index (χ1n) is 7.71. The molecule has 0 atom stereocenters. The Labute approximate surface area is 170 Å². The van der Waals surface area contributed by atoms with E-state index in [0.717, 1.165) is 12.1 Å². The number of carboxylic acids is 1. The van der Waals surface area contributed by atoms with Gasteiger partial charge in [0, 0.05) is 11.8 Å². The monoisotopic (exact) mass is 447 g/mol. The molecule has 0 unspecified atom stereocenters. The van der Waals surface area contributed by atoms with Gasteiger partial charge in [-0.1, -0.05) is 23.2 Å². The van der Waals surface area contributed by atoms with Crippen LogP contribution in [0.3, 0.4) is 0 Å². The van der Waals surface area contributed by atoms with Gasteiger partial charge in [-0.2, -0.15) is 0 Å². The van der Waals surface area contributed by atoms with E-state index in [4.69, 9.17) is 33.0 Å². The molecule has 11 heteroatoms. The quantitative estimate of drug-likeness (QED) is 0.595. The van der Waals surface area contributed by atoms with Crippen molar-refractivity contribution < 1.29 is 33.0 Å². The number of carboxylic acid groups (broad SMARTS) is 1. The van der Waals surface area contributed by atoms with E-state index in [1.807, 2.05) is 0 Å². The second-order valence-electron chi connectivity index (χ2n) is 5.85. The molecule has 2 aromatic rings. The number of halogens is 2. The largest absolute Gasteiger partial charge is 0.507 e. The number of phenols is 1. The number of carbonyl (C=O) groups is 2. The molecule has 150 valence electrons. The van der Waals surface area contributed by atoms with Gasteiger partial charge in [0.25, 0.3) is 0 Å². The molecular weight excluding hydrogens is 433 g/mol. The molecule has 0 fully saturated rings.